The molecule has 0 aliphatic heterocycles. The molecule has 0 atom stereocenters. The number of nitrogens with one attached hydrogen (secondary N) is 3. The molecule has 0 saturated heterocycles. The van der Waals surface area contributed by atoms with Crippen LogP contribution in [0.25, 0.3) is 16.7 Å². The molecule has 4 rings (SSSR count). The summed E-state index contributed by atoms with van der Waals surface area (Å²) in [6.07, 6.45) is 3.75. The Hall–Kier alpha value is -3.13. The summed E-state index contributed by atoms with van der Waals surface area (Å²) < 4.78 is 19.7. The summed E-state index contributed by atoms with van der Waals surface area (Å²) in [5.74, 6) is -0.329. The fourth-order valence-electron chi connectivity index (χ4n) is 3.43. The topological polar surface area (TPSA) is 95.7 Å². The lowest BCUT2D eigenvalue weighted by molar-refractivity contribution is 0.386. The highest BCUT2D eigenvalue weighted by molar-refractivity contribution is 6.30. The molecule has 0 bridgehead atoms. The molecule has 156 valence electrons. The molecule has 0 unspecified atom stereocenters. The van der Waals surface area contributed by atoms with Crippen molar-refractivity contribution >= 4 is 39.7 Å². The molecule has 0 radical (unpaired) electrons. The van der Waals surface area contributed by atoms with Crippen LogP contribution in [0, 0.1) is 0 Å². The molecule has 0 saturated carbocycles. The van der Waals surface area contributed by atoms with Crippen molar-refractivity contribution in [3.63, 3.8) is 0 Å². The monoisotopic (exact) mass is 429 g/mol. The number of allylic oxidation sites excluding steroid dienone is 4. The summed E-state index contributed by atoms with van der Waals surface area (Å²) in [5, 5.41) is 3.85. The minimum Gasteiger partial charge on any atom is -0.468 e. The van der Waals surface area contributed by atoms with Crippen LogP contribution < -0.4 is 15.6 Å². The van der Waals surface area contributed by atoms with Gasteiger partial charge < -0.3 is 20.0 Å². The van der Waals surface area contributed by atoms with Gasteiger partial charge in [0, 0.05) is 28.9 Å². The van der Waals surface area contributed by atoms with E-state index in [-0.39, 0.29) is 34.9 Å². The molecule has 0 spiro atoms. The highest BCUT2D eigenvalue weighted by Crippen LogP contribution is 2.35. The number of ether oxygens (including phenoxy) is 1. The van der Waals surface area contributed by atoms with Gasteiger partial charge in [0.05, 0.1) is 24.0 Å². The molecular formula is C21H21ClFN5O2. The molecule has 3 heterocycles. The Bertz CT molecular complexity index is 1240. The second kappa shape index (κ2) is 7.95. The van der Waals surface area contributed by atoms with Gasteiger partial charge in [0.1, 0.15) is 11.3 Å². The molecule has 0 amide bonds. The van der Waals surface area contributed by atoms with Crippen LogP contribution in [0.2, 0.25) is 0 Å². The van der Waals surface area contributed by atoms with Crippen LogP contribution in [0.4, 0.5) is 15.8 Å². The number of nitrogens with zero attached hydrogens (tertiary/aromatic N) is 2. The van der Waals surface area contributed by atoms with Gasteiger partial charge in [0.15, 0.2) is 5.65 Å². The van der Waals surface area contributed by atoms with Gasteiger partial charge >= 0.3 is 0 Å². The number of methoxy groups -OCH3 is 1. The van der Waals surface area contributed by atoms with Gasteiger partial charge in [-0.2, -0.15) is 4.98 Å². The molecule has 7 nitrogen and oxygen atoms in total. The van der Waals surface area contributed by atoms with E-state index >= 15 is 0 Å². The summed E-state index contributed by atoms with van der Waals surface area (Å²) in [4.78, 5) is 27.2. The van der Waals surface area contributed by atoms with Crippen LogP contribution in [-0.2, 0) is 0 Å². The SMILES string of the molecule is COc1nc2nccc(Nc3cc(C4=C(F)CCC(Cl)=C4)c(=O)[nH]c3C(C)C)c2[nH]1. The van der Waals surface area contributed by atoms with Crippen molar-refractivity contribution < 1.29 is 9.13 Å². The average Bonchev–Trinajstić information content (AvgIpc) is 3.15. The molecule has 0 aromatic carbocycles. The summed E-state index contributed by atoms with van der Waals surface area (Å²) in [7, 11) is 1.51. The van der Waals surface area contributed by atoms with Crippen molar-refractivity contribution in [1.82, 2.24) is 19.9 Å². The smallest absolute Gasteiger partial charge is 0.295 e. The molecule has 1 aliphatic rings. The van der Waals surface area contributed by atoms with Gasteiger partial charge in [-0.3, -0.25) is 4.79 Å². The number of halogens is 2. The van der Waals surface area contributed by atoms with Gasteiger partial charge in [0.2, 0.25) is 0 Å². The Balaban J connectivity index is 1.85. The second-order valence-corrected chi connectivity index (χ2v) is 7.82. The first-order valence-corrected chi connectivity index (χ1v) is 9.93. The average molecular weight is 430 g/mol. The summed E-state index contributed by atoms with van der Waals surface area (Å²) in [6.45, 7) is 3.93. The normalized spacial score (nSPS) is 14.4. The first-order chi connectivity index (χ1) is 14.4. The first-order valence-electron chi connectivity index (χ1n) is 9.55. The Morgan fingerprint density at radius 3 is 2.80 bits per heavy atom. The number of hydrogen-bond acceptors (Lipinski definition) is 5. The van der Waals surface area contributed by atoms with Crippen molar-refractivity contribution in [3.05, 3.63) is 56.9 Å². The quantitative estimate of drug-likeness (QED) is 0.523. The zero-order valence-electron chi connectivity index (χ0n) is 16.8. The number of anilines is 2. The van der Waals surface area contributed by atoms with Crippen molar-refractivity contribution in [3.8, 4) is 6.01 Å². The van der Waals surface area contributed by atoms with Crippen molar-refractivity contribution in [2.45, 2.75) is 32.6 Å². The Kier molecular flexibility index (Phi) is 5.34. The number of pyridine rings is 2. The van der Waals surface area contributed by atoms with Crippen LogP contribution >= 0.6 is 11.6 Å². The first kappa shape index (κ1) is 20.2. The maximum atomic E-state index is 14.5. The molecule has 9 heteroatoms. The Labute approximate surface area is 177 Å². The van der Waals surface area contributed by atoms with E-state index in [4.69, 9.17) is 16.3 Å². The van der Waals surface area contributed by atoms with Crippen molar-refractivity contribution in [2.24, 2.45) is 0 Å². The van der Waals surface area contributed by atoms with Crippen LogP contribution in [0.15, 0.2) is 40.1 Å². The molecule has 3 aromatic heterocycles. The van der Waals surface area contributed by atoms with Gasteiger partial charge in [0.25, 0.3) is 11.6 Å². The highest BCUT2D eigenvalue weighted by Gasteiger charge is 2.20. The number of aromatic nitrogens is 4. The van der Waals surface area contributed by atoms with E-state index in [2.05, 4.69) is 25.3 Å². The van der Waals surface area contributed by atoms with Crippen LogP contribution in [-0.4, -0.2) is 27.0 Å². The van der Waals surface area contributed by atoms with E-state index in [1.165, 1.54) is 13.2 Å². The van der Waals surface area contributed by atoms with Crippen LogP contribution in [0.1, 0.15) is 43.9 Å². The fraction of sp³-hybridized carbons (Fsp3) is 0.286. The number of hydrogen-bond donors (Lipinski definition) is 3. The Morgan fingerprint density at radius 1 is 1.27 bits per heavy atom. The van der Waals surface area contributed by atoms with Crippen LogP contribution in [0.5, 0.6) is 6.01 Å². The number of H-pyrrole nitrogens is 2. The lowest BCUT2D eigenvalue weighted by atomic mass is 9.97. The minimum absolute atomic E-state index is 0.0205. The van der Waals surface area contributed by atoms with E-state index in [1.54, 1.807) is 18.3 Å². The number of imidazole rings is 1. The summed E-state index contributed by atoms with van der Waals surface area (Å²) in [5.41, 5.74) is 3.27. The van der Waals surface area contributed by atoms with Gasteiger partial charge in [-0.15, -0.1) is 0 Å². The third-order valence-electron chi connectivity index (χ3n) is 4.95. The molecule has 1 aliphatic carbocycles. The van der Waals surface area contributed by atoms with Crippen molar-refractivity contribution in [1.29, 1.82) is 0 Å². The third-order valence-corrected chi connectivity index (χ3v) is 5.25. The maximum absolute atomic E-state index is 14.5. The zero-order chi connectivity index (χ0) is 21.4. The second-order valence-electron chi connectivity index (χ2n) is 7.33. The summed E-state index contributed by atoms with van der Waals surface area (Å²) in [6, 6.07) is 3.79. The van der Waals surface area contributed by atoms with E-state index in [0.29, 0.717) is 45.7 Å². The lowest BCUT2D eigenvalue weighted by Gasteiger charge is -2.18. The third kappa shape index (κ3) is 3.70. The Morgan fingerprint density at radius 2 is 2.07 bits per heavy atom. The number of fused-ring (bicyclic) bond motifs is 1. The zero-order valence-corrected chi connectivity index (χ0v) is 17.5. The van der Waals surface area contributed by atoms with E-state index in [0.717, 1.165) is 0 Å². The van der Waals surface area contributed by atoms with Gasteiger partial charge in [-0.1, -0.05) is 25.4 Å². The lowest BCUT2D eigenvalue weighted by Crippen LogP contribution is -2.17. The van der Waals surface area contributed by atoms with Gasteiger partial charge in [-0.05, 0) is 30.5 Å². The maximum Gasteiger partial charge on any atom is 0.295 e. The predicted octanol–water partition coefficient (Wildman–Crippen LogP) is 5.12. The molecular weight excluding hydrogens is 409 g/mol. The molecule has 3 aromatic rings. The largest absolute Gasteiger partial charge is 0.468 e. The van der Waals surface area contributed by atoms with Gasteiger partial charge in [-0.25, -0.2) is 9.37 Å². The van der Waals surface area contributed by atoms with E-state index < -0.39 is 0 Å². The van der Waals surface area contributed by atoms with Crippen molar-refractivity contribution in [2.75, 3.05) is 12.4 Å². The molecule has 30 heavy (non-hydrogen) atoms. The standard InChI is InChI=1S/C21H21ClFN5O2/c1-10(2)17-16(25-15-6-7-24-19-18(15)27-21(28-19)30-3)9-13(20(29)26-17)12-8-11(22)4-5-14(12)23/h6-10H,4-5H2,1-3H3,(H,26,29)(H2,24,25,27,28). The van der Waals surface area contributed by atoms with Crippen LogP contribution in [0.3, 0.4) is 0 Å². The predicted molar refractivity (Wildman–Crippen MR) is 116 cm³/mol. The number of aromatic amines is 2. The van der Waals surface area contributed by atoms with E-state index in [9.17, 15) is 9.18 Å². The van der Waals surface area contributed by atoms with E-state index in [1.807, 2.05) is 13.8 Å². The summed E-state index contributed by atoms with van der Waals surface area (Å²) >= 11 is 6.11. The highest BCUT2D eigenvalue weighted by atomic mass is 35.5. The molecule has 0 fully saturated rings. The minimum atomic E-state index is -0.361. The number of rotatable bonds is 5. The fourth-order valence-corrected chi connectivity index (χ4v) is 3.64. The molecule has 3 N–H and O–H groups in total.